The van der Waals surface area contributed by atoms with Crippen molar-refractivity contribution in [2.45, 2.75) is 42.7 Å². The van der Waals surface area contributed by atoms with Gasteiger partial charge in [0.05, 0.1) is 17.4 Å². The van der Waals surface area contributed by atoms with E-state index in [2.05, 4.69) is 5.32 Å². The van der Waals surface area contributed by atoms with E-state index in [0.29, 0.717) is 16.3 Å². The summed E-state index contributed by atoms with van der Waals surface area (Å²) in [5, 5.41) is 11.9. The molecule has 0 aliphatic carbocycles. The second kappa shape index (κ2) is 9.31. The number of nitrogens with one attached hydrogen (secondary N) is 1. The number of amides is 1. The van der Waals surface area contributed by atoms with Crippen molar-refractivity contribution in [1.29, 1.82) is 0 Å². The Hall–Kier alpha value is -3.04. The number of aliphatic hydroxyl groups is 1. The molecule has 2 N–H and O–H groups in total. The predicted octanol–water partition coefficient (Wildman–Crippen LogP) is 4.66. The summed E-state index contributed by atoms with van der Waals surface area (Å²) in [5.41, 5.74) is 0.521. The van der Waals surface area contributed by atoms with E-state index < -0.39 is 29.2 Å². The van der Waals surface area contributed by atoms with E-state index >= 15 is 0 Å². The molecular weight excluding hydrogens is 465 g/mol. The van der Waals surface area contributed by atoms with Crippen LogP contribution in [0.4, 0.5) is 13.2 Å². The fourth-order valence-electron chi connectivity index (χ4n) is 4.09. The highest BCUT2D eigenvalue weighted by Gasteiger charge is 2.34. The van der Waals surface area contributed by atoms with Crippen LogP contribution in [0.3, 0.4) is 0 Å². The molecule has 0 radical (unpaired) electrons. The molecule has 2 atom stereocenters. The van der Waals surface area contributed by atoms with E-state index in [1.54, 1.807) is 11.5 Å². The summed E-state index contributed by atoms with van der Waals surface area (Å²) in [7, 11) is 0. The number of thioether (sulfide) groups is 1. The molecule has 0 spiro atoms. The number of rotatable bonds is 4. The maximum atomic E-state index is 13.6. The highest BCUT2D eigenvalue weighted by atomic mass is 32.2. The van der Waals surface area contributed by atoms with E-state index in [-0.39, 0.29) is 29.5 Å². The third kappa shape index (κ3) is 4.76. The Bertz CT molecular complexity index is 1290. The van der Waals surface area contributed by atoms with E-state index in [4.69, 9.17) is 0 Å². The smallest absolute Gasteiger partial charge is 0.392 e. The number of aromatic nitrogens is 1. The summed E-state index contributed by atoms with van der Waals surface area (Å²) in [6.07, 6.45) is -5.12. The lowest BCUT2D eigenvalue weighted by Gasteiger charge is -2.21. The minimum atomic E-state index is -4.55. The molecule has 2 heterocycles. The Morgan fingerprint density at radius 1 is 1.21 bits per heavy atom. The zero-order valence-corrected chi connectivity index (χ0v) is 19.3. The molecule has 1 aromatic heterocycles. The monoisotopic (exact) mass is 488 g/mol. The van der Waals surface area contributed by atoms with Crippen molar-refractivity contribution in [3.63, 3.8) is 0 Å². The fourth-order valence-corrected chi connectivity index (χ4v) is 5.34. The number of alkyl halides is 3. The second-order valence-electron chi connectivity index (χ2n) is 8.27. The van der Waals surface area contributed by atoms with Gasteiger partial charge in [-0.25, -0.2) is 0 Å². The maximum Gasteiger partial charge on any atom is 0.416 e. The number of benzene rings is 2. The lowest BCUT2D eigenvalue weighted by molar-refractivity contribution is -0.137. The lowest BCUT2D eigenvalue weighted by atomic mass is 10.0. The predicted molar refractivity (Wildman–Crippen MR) is 125 cm³/mol. The quantitative estimate of drug-likeness (QED) is 0.560. The van der Waals surface area contributed by atoms with Crippen LogP contribution in [0.5, 0.6) is 0 Å². The molecule has 1 aliphatic rings. The van der Waals surface area contributed by atoms with E-state index in [1.165, 1.54) is 30.8 Å². The number of fused-ring (bicyclic) bond motifs is 3. The van der Waals surface area contributed by atoms with Crippen LogP contribution in [0, 0.1) is 6.92 Å². The molecule has 34 heavy (non-hydrogen) atoms. The minimum absolute atomic E-state index is 0.0583. The highest BCUT2D eigenvalue weighted by Crippen LogP contribution is 2.45. The van der Waals surface area contributed by atoms with Gasteiger partial charge in [-0.15, -0.1) is 11.8 Å². The van der Waals surface area contributed by atoms with Crippen LogP contribution < -0.4 is 10.7 Å². The molecule has 9 heteroatoms. The van der Waals surface area contributed by atoms with Crippen molar-refractivity contribution in [3.05, 3.63) is 92.9 Å². The number of carbonyl (C=O) groups is 1. The number of hydrogen-bond acceptors (Lipinski definition) is 4. The van der Waals surface area contributed by atoms with Gasteiger partial charge in [0.2, 0.25) is 0 Å². The van der Waals surface area contributed by atoms with Gasteiger partial charge in [-0.3, -0.25) is 9.59 Å². The molecule has 2 aromatic carbocycles. The summed E-state index contributed by atoms with van der Waals surface area (Å²) >= 11 is 1.40. The van der Waals surface area contributed by atoms with Crippen molar-refractivity contribution in [2.75, 3.05) is 6.54 Å². The first kappa shape index (κ1) is 24.1. The molecule has 1 aliphatic heterocycles. The van der Waals surface area contributed by atoms with Crippen molar-refractivity contribution >= 4 is 17.7 Å². The zero-order chi connectivity index (χ0) is 24.6. The Kier molecular flexibility index (Phi) is 6.60. The van der Waals surface area contributed by atoms with E-state index in [0.717, 1.165) is 17.7 Å². The largest absolute Gasteiger partial charge is 0.416 e. The first-order valence-electron chi connectivity index (χ1n) is 10.7. The average Bonchev–Trinajstić information content (AvgIpc) is 2.94. The molecule has 1 amide bonds. The van der Waals surface area contributed by atoms with E-state index in [1.807, 2.05) is 30.3 Å². The topological polar surface area (TPSA) is 71.3 Å². The van der Waals surface area contributed by atoms with Gasteiger partial charge in [0, 0.05) is 40.6 Å². The zero-order valence-electron chi connectivity index (χ0n) is 18.5. The third-order valence-corrected chi connectivity index (χ3v) is 6.95. The van der Waals surface area contributed by atoms with Crippen LogP contribution in [0.15, 0.2) is 64.3 Å². The van der Waals surface area contributed by atoms with Crippen LogP contribution in [-0.4, -0.2) is 28.2 Å². The number of aliphatic hydroxyl groups excluding tert-OH is 1. The van der Waals surface area contributed by atoms with Crippen molar-refractivity contribution in [3.8, 4) is 5.69 Å². The molecule has 178 valence electrons. The Morgan fingerprint density at radius 3 is 2.56 bits per heavy atom. The van der Waals surface area contributed by atoms with Gasteiger partial charge in [-0.05, 0) is 37.6 Å². The van der Waals surface area contributed by atoms with Gasteiger partial charge in [0.15, 0.2) is 5.43 Å². The molecule has 0 fully saturated rings. The average molecular weight is 489 g/mol. The van der Waals surface area contributed by atoms with Crippen molar-refractivity contribution in [1.82, 2.24) is 9.88 Å². The van der Waals surface area contributed by atoms with Crippen LogP contribution in [0.2, 0.25) is 0 Å². The van der Waals surface area contributed by atoms with E-state index in [9.17, 15) is 27.9 Å². The first-order chi connectivity index (χ1) is 16.1. The van der Waals surface area contributed by atoms with Gasteiger partial charge in [0.1, 0.15) is 5.56 Å². The molecule has 5 nitrogen and oxygen atoms in total. The minimum Gasteiger partial charge on any atom is -0.392 e. The normalized spacial score (nSPS) is 16.2. The van der Waals surface area contributed by atoms with Crippen LogP contribution >= 0.6 is 11.8 Å². The maximum absolute atomic E-state index is 13.6. The lowest BCUT2D eigenvalue weighted by Crippen LogP contribution is -2.36. The molecule has 0 saturated heterocycles. The summed E-state index contributed by atoms with van der Waals surface area (Å²) in [6.45, 7) is 3.08. The summed E-state index contributed by atoms with van der Waals surface area (Å²) in [5.74, 6) is -0.665. The number of nitrogens with zero attached hydrogens (tertiary/aromatic N) is 1. The third-order valence-electron chi connectivity index (χ3n) is 5.63. The van der Waals surface area contributed by atoms with Crippen LogP contribution in [-0.2, 0) is 12.6 Å². The summed E-state index contributed by atoms with van der Waals surface area (Å²) < 4.78 is 42.3. The van der Waals surface area contributed by atoms with Gasteiger partial charge in [-0.2, -0.15) is 13.2 Å². The molecular formula is C25H23F3N2O3S. The van der Waals surface area contributed by atoms with Crippen LogP contribution in [0.25, 0.3) is 5.69 Å². The Balaban J connectivity index is 1.98. The molecule has 0 bridgehead atoms. The number of hydrogen-bond donors (Lipinski definition) is 2. The SMILES string of the molecule is Cc1cc(=O)c(C(=O)NCC(C)O)c2n1-c1cc(C(F)(F)F)ccc1SC(c1ccccc1)C2. The van der Waals surface area contributed by atoms with Crippen molar-refractivity contribution in [2.24, 2.45) is 0 Å². The molecule has 3 aromatic rings. The molecule has 2 unspecified atom stereocenters. The van der Waals surface area contributed by atoms with Gasteiger partial charge < -0.3 is 15.0 Å². The van der Waals surface area contributed by atoms with Gasteiger partial charge >= 0.3 is 6.18 Å². The number of carbonyl (C=O) groups excluding carboxylic acids is 1. The molecule has 4 rings (SSSR count). The summed E-state index contributed by atoms with van der Waals surface area (Å²) in [4.78, 5) is 26.6. The Labute approximate surface area is 198 Å². The van der Waals surface area contributed by atoms with Crippen LogP contribution in [0.1, 0.15) is 45.0 Å². The van der Waals surface area contributed by atoms with Gasteiger partial charge in [0.25, 0.3) is 5.91 Å². The number of aryl methyl sites for hydroxylation is 1. The number of halogens is 3. The summed E-state index contributed by atoms with van der Waals surface area (Å²) in [6, 6.07) is 14.3. The molecule has 0 saturated carbocycles. The van der Waals surface area contributed by atoms with Crippen molar-refractivity contribution < 1.29 is 23.1 Å². The van der Waals surface area contributed by atoms with Gasteiger partial charge in [-0.1, -0.05) is 30.3 Å². The second-order valence-corrected chi connectivity index (χ2v) is 9.51. The standard InChI is InChI=1S/C25H23F3N2O3S/c1-14-10-20(32)23(24(33)29-13-15(2)31)19-12-22(16-6-4-3-5-7-16)34-21-9-8-17(25(26,27)28)11-18(21)30(14)19/h3-11,15,22,31H,12-13H2,1-2H3,(H,29,33). The first-order valence-corrected chi connectivity index (χ1v) is 11.6. The number of pyridine rings is 1. The fraction of sp³-hybridized carbons (Fsp3) is 0.280. The highest BCUT2D eigenvalue weighted by molar-refractivity contribution is 7.99. The Morgan fingerprint density at radius 2 is 1.91 bits per heavy atom.